The molecule has 1 aromatic carbocycles. The maximum atomic E-state index is 12.7. The van der Waals surface area contributed by atoms with Crippen molar-refractivity contribution in [2.24, 2.45) is 5.41 Å². The van der Waals surface area contributed by atoms with Crippen LogP contribution < -0.4 is 4.74 Å². The molecule has 4 nitrogen and oxygen atoms in total. The molecule has 1 aliphatic heterocycles. The second kappa shape index (κ2) is 6.11. The first-order chi connectivity index (χ1) is 10.6. The third kappa shape index (κ3) is 2.74. The van der Waals surface area contributed by atoms with Crippen LogP contribution >= 0.6 is 0 Å². The largest absolute Gasteiger partial charge is 0.491 e. The van der Waals surface area contributed by atoms with E-state index in [4.69, 9.17) is 4.74 Å². The van der Waals surface area contributed by atoms with Gasteiger partial charge in [-0.05, 0) is 31.4 Å². The predicted octanol–water partition coefficient (Wildman–Crippen LogP) is 3.08. The van der Waals surface area contributed by atoms with Crippen LogP contribution in [0.3, 0.4) is 0 Å². The first-order valence-corrected chi connectivity index (χ1v) is 8.16. The number of rotatable bonds is 4. The number of carbonyl (C=O) groups excluding carboxylic acids is 2. The fraction of sp³-hybridized carbons (Fsp3) is 0.556. The Morgan fingerprint density at radius 1 is 1.14 bits per heavy atom. The van der Waals surface area contributed by atoms with Crippen LogP contribution in [0.4, 0.5) is 0 Å². The van der Waals surface area contributed by atoms with Gasteiger partial charge in [0.05, 0.1) is 12.0 Å². The van der Waals surface area contributed by atoms with Crippen molar-refractivity contribution >= 4 is 11.8 Å². The minimum atomic E-state index is -0.391. The van der Waals surface area contributed by atoms with Crippen molar-refractivity contribution in [1.82, 2.24) is 4.90 Å². The van der Waals surface area contributed by atoms with E-state index in [1.54, 1.807) is 0 Å². The molecule has 3 rings (SSSR count). The first-order valence-electron chi connectivity index (χ1n) is 8.16. The van der Waals surface area contributed by atoms with Crippen LogP contribution in [0.2, 0.25) is 0 Å². The quantitative estimate of drug-likeness (QED) is 0.803. The summed E-state index contributed by atoms with van der Waals surface area (Å²) in [4.78, 5) is 26.3. The average molecular weight is 301 g/mol. The lowest BCUT2D eigenvalue weighted by Crippen LogP contribution is -2.39. The summed E-state index contributed by atoms with van der Waals surface area (Å²) in [5.41, 5.74) is 0.670. The zero-order chi connectivity index (χ0) is 15.6. The zero-order valence-corrected chi connectivity index (χ0v) is 13.1. The van der Waals surface area contributed by atoms with E-state index >= 15 is 0 Å². The molecule has 4 heteroatoms. The molecule has 1 spiro atoms. The Labute approximate surface area is 131 Å². The average Bonchev–Trinajstić information content (AvgIpc) is 2.74. The zero-order valence-electron chi connectivity index (χ0n) is 13.1. The number of carbonyl (C=O) groups is 2. The second-order valence-electron chi connectivity index (χ2n) is 6.48. The lowest BCUT2D eigenvalue weighted by Gasteiger charge is -2.30. The van der Waals surface area contributed by atoms with E-state index in [-0.39, 0.29) is 11.8 Å². The smallest absolute Gasteiger partial charge is 0.236 e. The molecule has 1 heterocycles. The minimum Gasteiger partial charge on any atom is -0.491 e. The summed E-state index contributed by atoms with van der Waals surface area (Å²) in [5.74, 6) is 0.819. The van der Waals surface area contributed by atoms with E-state index in [2.05, 4.69) is 0 Å². The van der Waals surface area contributed by atoms with Crippen LogP contribution in [0.5, 0.6) is 5.75 Å². The van der Waals surface area contributed by atoms with E-state index < -0.39 is 5.41 Å². The Kier molecular flexibility index (Phi) is 4.19. The van der Waals surface area contributed by atoms with Gasteiger partial charge in [0.1, 0.15) is 12.4 Å². The standard InChI is InChI=1S/C18H23NO3/c1-14-7-3-4-8-15(14)22-12-11-19-16(20)13-18(17(19)21)9-5-2-6-10-18/h3-4,7-8H,2,5-6,9-13H2,1H3. The molecule has 1 aliphatic carbocycles. The maximum Gasteiger partial charge on any atom is 0.236 e. The van der Waals surface area contributed by atoms with Gasteiger partial charge in [0.2, 0.25) is 11.8 Å². The van der Waals surface area contributed by atoms with E-state index in [1.807, 2.05) is 31.2 Å². The van der Waals surface area contributed by atoms with E-state index in [9.17, 15) is 9.59 Å². The van der Waals surface area contributed by atoms with Gasteiger partial charge in [-0.25, -0.2) is 0 Å². The van der Waals surface area contributed by atoms with Crippen LogP contribution in [0, 0.1) is 12.3 Å². The Balaban J connectivity index is 1.60. The Bertz CT molecular complexity index is 575. The van der Waals surface area contributed by atoms with E-state index in [1.165, 1.54) is 11.3 Å². The highest BCUT2D eigenvalue weighted by molar-refractivity contribution is 6.05. The lowest BCUT2D eigenvalue weighted by molar-refractivity contribution is -0.142. The number of imide groups is 1. The van der Waals surface area contributed by atoms with Gasteiger partial charge in [-0.15, -0.1) is 0 Å². The van der Waals surface area contributed by atoms with Crippen molar-refractivity contribution in [3.05, 3.63) is 29.8 Å². The first kappa shape index (κ1) is 15.1. The summed E-state index contributed by atoms with van der Waals surface area (Å²) in [5, 5.41) is 0. The molecular formula is C18H23NO3. The Morgan fingerprint density at radius 2 is 1.86 bits per heavy atom. The lowest BCUT2D eigenvalue weighted by atomic mass is 9.73. The summed E-state index contributed by atoms with van der Waals surface area (Å²) in [7, 11) is 0. The summed E-state index contributed by atoms with van der Waals surface area (Å²) >= 11 is 0. The van der Waals surface area contributed by atoms with Crippen molar-refractivity contribution in [3.8, 4) is 5.75 Å². The molecule has 1 saturated heterocycles. The highest BCUT2D eigenvalue weighted by Crippen LogP contribution is 2.45. The van der Waals surface area contributed by atoms with Gasteiger partial charge < -0.3 is 4.74 Å². The molecule has 0 bridgehead atoms. The number of amides is 2. The summed E-state index contributed by atoms with van der Waals surface area (Å²) in [6, 6.07) is 7.78. The molecule has 118 valence electrons. The second-order valence-corrected chi connectivity index (χ2v) is 6.48. The topological polar surface area (TPSA) is 46.6 Å². The normalized spacial score (nSPS) is 20.7. The molecular weight excluding hydrogens is 278 g/mol. The van der Waals surface area contributed by atoms with Gasteiger partial charge in [0.15, 0.2) is 0 Å². The molecule has 22 heavy (non-hydrogen) atoms. The van der Waals surface area contributed by atoms with E-state index in [0.717, 1.165) is 37.0 Å². The number of likely N-dealkylation sites (tertiary alicyclic amines) is 1. The fourth-order valence-corrected chi connectivity index (χ4v) is 3.67. The number of nitrogens with zero attached hydrogens (tertiary/aromatic N) is 1. The SMILES string of the molecule is Cc1ccccc1OCCN1C(=O)CC2(CCCCC2)C1=O. The van der Waals surface area contributed by atoms with E-state index in [0.29, 0.717) is 19.6 Å². The van der Waals surface area contributed by atoms with Crippen molar-refractivity contribution in [1.29, 1.82) is 0 Å². The maximum absolute atomic E-state index is 12.7. The molecule has 1 aromatic rings. The van der Waals surface area contributed by atoms with Crippen LogP contribution in [0.15, 0.2) is 24.3 Å². The summed E-state index contributed by atoms with van der Waals surface area (Å²) in [6.07, 6.45) is 5.44. The number of benzene rings is 1. The molecule has 0 unspecified atom stereocenters. The van der Waals surface area contributed by atoms with Crippen molar-refractivity contribution in [3.63, 3.8) is 0 Å². The summed E-state index contributed by atoms with van der Waals surface area (Å²) < 4.78 is 5.73. The predicted molar refractivity (Wildman–Crippen MR) is 83.5 cm³/mol. The third-order valence-electron chi connectivity index (χ3n) is 4.97. The molecule has 0 atom stereocenters. The Morgan fingerprint density at radius 3 is 2.59 bits per heavy atom. The van der Waals surface area contributed by atoms with Crippen LogP contribution in [0.1, 0.15) is 44.1 Å². The van der Waals surface area contributed by atoms with Gasteiger partial charge in [-0.1, -0.05) is 37.5 Å². The molecule has 2 fully saturated rings. The molecule has 0 radical (unpaired) electrons. The summed E-state index contributed by atoms with van der Waals surface area (Å²) in [6.45, 7) is 2.70. The van der Waals surface area contributed by atoms with Gasteiger partial charge in [0, 0.05) is 6.42 Å². The molecule has 2 aliphatic rings. The van der Waals surface area contributed by atoms with Gasteiger partial charge in [-0.3, -0.25) is 14.5 Å². The minimum absolute atomic E-state index is 0.0275. The third-order valence-corrected chi connectivity index (χ3v) is 4.97. The van der Waals surface area contributed by atoms with Gasteiger partial charge in [-0.2, -0.15) is 0 Å². The fourth-order valence-electron chi connectivity index (χ4n) is 3.67. The van der Waals surface area contributed by atoms with Gasteiger partial charge in [0.25, 0.3) is 0 Å². The molecule has 2 amide bonds. The molecule has 1 saturated carbocycles. The highest BCUT2D eigenvalue weighted by Gasteiger charge is 2.51. The number of ether oxygens (including phenoxy) is 1. The van der Waals surface area contributed by atoms with Crippen molar-refractivity contribution in [2.75, 3.05) is 13.2 Å². The van der Waals surface area contributed by atoms with Crippen molar-refractivity contribution < 1.29 is 14.3 Å². The van der Waals surface area contributed by atoms with Gasteiger partial charge >= 0.3 is 0 Å². The number of hydrogen-bond donors (Lipinski definition) is 0. The number of aryl methyl sites for hydroxylation is 1. The highest BCUT2D eigenvalue weighted by atomic mass is 16.5. The van der Waals surface area contributed by atoms with Crippen LogP contribution in [-0.4, -0.2) is 29.9 Å². The number of hydrogen-bond acceptors (Lipinski definition) is 3. The van der Waals surface area contributed by atoms with Crippen LogP contribution in [-0.2, 0) is 9.59 Å². The number of para-hydroxylation sites is 1. The van der Waals surface area contributed by atoms with Crippen LogP contribution in [0.25, 0.3) is 0 Å². The van der Waals surface area contributed by atoms with Crippen molar-refractivity contribution in [2.45, 2.75) is 45.4 Å². The Hall–Kier alpha value is -1.84. The monoisotopic (exact) mass is 301 g/mol. The molecule has 0 aromatic heterocycles. The molecule has 0 N–H and O–H groups in total.